The van der Waals surface area contributed by atoms with Gasteiger partial charge in [0.05, 0.1) is 27.1 Å². The molecule has 0 saturated carbocycles. The van der Waals surface area contributed by atoms with Crippen LogP contribution in [0, 0.1) is 14.1 Å². The molecule has 0 aliphatic heterocycles. The van der Waals surface area contributed by atoms with Crippen LogP contribution < -0.4 is 5.32 Å². The second kappa shape index (κ2) is 9.01. The molecule has 144 valence electrons. The summed E-state index contributed by atoms with van der Waals surface area (Å²) in [5.74, 6) is -0.240. The molecule has 0 aliphatic rings. The van der Waals surface area contributed by atoms with Crippen LogP contribution in [-0.4, -0.2) is 26.4 Å². The van der Waals surface area contributed by atoms with Gasteiger partial charge in [-0.2, -0.15) is 0 Å². The SMILES string of the molecule is O=C(CSc1nn(-c2ccc(Cl)cc2)c(=S)s1)Nc1ccc([N+](=O)[O-])cc1Cl. The van der Waals surface area contributed by atoms with Crippen molar-refractivity contribution in [2.45, 2.75) is 4.34 Å². The number of amides is 1. The van der Waals surface area contributed by atoms with Crippen LogP contribution in [0.2, 0.25) is 10.0 Å². The number of carbonyl (C=O) groups excluding carboxylic acids is 1. The monoisotopic (exact) mass is 472 g/mol. The molecule has 3 rings (SSSR count). The van der Waals surface area contributed by atoms with Gasteiger partial charge in [0.15, 0.2) is 8.29 Å². The minimum Gasteiger partial charge on any atom is -0.324 e. The Bertz CT molecular complexity index is 1100. The van der Waals surface area contributed by atoms with Gasteiger partial charge in [0.1, 0.15) is 0 Å². The standard InChI is InChI=1S/C16H10Cl2N4O3S3/c17-9-1-3-10(4-2-9)21-16(26)28-15(20-21)27-8-14(23)19-13-6-5-11(22(24)25)7-12(13)18/h1-7H,8H2,(H,19,23). The Hall–Kier alpha value is -1.98. The van der Waals surface area contributed by atoms with Gasteiger partial charge in [-0.05, 0) is 42.5 Å². The third kappa shape index (κ3) is 5.09. The van der Waals surface area contributed by atoms with E-state index in [9.17, 15) is 14.9 Å². The predicted molar refractivity (Wildman–Crippen MR) is 115 cm³/mol. The van der Waals surface area contributed by atoms with E-state index in [4.69, 9.17) is 35.4 Å². The van der Waals surface area contributed by atoms with E-state index in [0.29, 0.717) is 19.0 Å². The maximum atomic E-state index is 12.2. The lowest BCUT2D eigenvalue weighted by Crippen LogP contribution is -2.14. The van der Waals surface area contributed by atoms with E-state index in [1.54, 1.807) is 28.9 Å². The summed E-state index contributed by atoms with van der Waals surface area (Å²) in [5.41, 5.74) is 0.932. The van der Waals surface area contributed by atoms with E-state index in [2.05, 4.69) is 10.4 Å². The van der Waals surface area contributed by atoms with Crippen LogP contribution in [0.15, 0.2) is 46.8 Å². The van der Waals surface area contributed by atoms with E-state index in [1.807, 2.05) is 0 Å². The zero-order valence-electron chi connectivity index (χ0n) is 13.8. The third-order valence-corrected chi connectivity index (χ3v) is 6.29. The fourth-order valence-corrected chi connectivity index (χ4v) is 4.61. The van der Waals surface area contributed by atoms with Gasteiger partial charge < -0.3 is 5.32 Å². The summed E-state index contributed by atoms with van der Waals surface area (Å²) in [7, 11) is 0. The number of aromatic nitrogens is 2. The molecule has 1 N–H and O–H groups in total. The summed E-state index contributed by atoms with van der Waals surface area (Å²) >= 11 is 19.7. The fraction of sp³-hybridized carbons (Fsp3) is 0.0625. The zero-order valence-corrected chi connectivity index (χ0v) is 17.8. The maximum Gasteiger partial charge on any atom is 0.271 e. The highest BCUT2D eigenvalue weighted by Gasteiger charge is 2.13. The van der Waals surface area contributed by atoms with Crippen molar-refractivity contribution < 1.29 is 9.72 Å². The first-order valence-electron chi connectivity index (χ1n) is 7.56. The molecule has 0 fully saturated rings. The van der Waals surface area contributed by atoms with Crippen molar-refractivity contribution in [3.05, 3.63) is 66.6 Å². The van der Waals surface area contributed by atoms with Crippen molar-refractivity contribution in [2.75, 3.05) is 11.1 Å². The van der Waals surface area contributed by atoms with E-state index >= 15 is 0 Å². The zero-order chi connectivity index (χ0) is 20.3. The Morgan fingerprint density at radius 3 is 2.64 bits per heavy atom. The highest BCUT2D eigenvalue weighted by Crippen LogP contribution is 2.28. The molecule has 1 amide bonds. The number of hydrogen-bond acceptors (Lipinski definition) is 7. The second-order valence-corrected chi connectivity index (χ2v) is 8.97. The first-order chi connectivity index (χ1) is 13.3. The highest BCUT2D eigenvalue weighted by atomic mass is 35.5. The Morgan fingerprint density at radius 2 is 2.00 bits per heavy atom. The lowest BCUT2D eigenvalue weighted by molar-refractivity contribution is -0.384. The molecule has 28 heavy (non-hydrogen) atoms. The lowest BCUT2D eigenvalue weighted by Gasteiger charge is -2.06. The minimum absolute atomic E-state index is 0.0796. The van der Waals surface area contributed by atoms with Crippen molar-refractivity contribution in [3.63, 3.8) is 0 Å². The van der Waals surface area contributed by atoms with Crippen molar-refractivity contribution in [1.82, 2.24) is 9.78 Å². The van der Waals surface area contributed by atoms with Crippen LogP contribution in [0.3, 0.4) is 0 Å². The Labute approximate surface area is 182 Å². The predicted octanol–water partition coefficient (Wildman–Crippen LogP) is 5.61. The van der Waals surface area contributed by atoms with Crippen LogP contribution >= 0.6 is 58.5 Å². The molecule has 1 aromatic heterocycles. The third-order valence-electron chi connectivity index (χ3n) is 3.36. The molecule has 0 radical (unpaired) electrons. The molecule has 2 aromatic carbocycles. The molecule has 0 bridgehead atoms. The molecule has 0 spiro atoms. The molecule has 7 nitrogen and oxygen atoms in total. The molecular formula is C16H10Cl2N4O3S3. The number of halogens is 2. The summed E-state index contributed by atoms with van der Waals surface area (Å²) in [6.45, 7) is 0. The maximum absolute atomic E-state index is 12.2. The smallest absolute Gasteiger partial charge is 0.271 e. The summed E-state index contributed by atoms with van der Waals surface area (Å²) in [6, 6.07) is 10.9. The van der Waals surface area contributed by atoms with Crippen molar-refractivity contribution in [2.24, 2.45) is 0 Å². The Balaban J connectivity index is 1.64. The number of hydrogen-bond donors (Lipinski definition) is 1. The van der Waals surface area contributed by atoms with Crippen LogP contribution in [0.25, 0.3) is 5.69 Å². The van der Waals surface area contributed by atoms with Crippen LogP contribution in [-0.2, 0) is 4.79 Å². The van der Waals surface area contributed by atoms with Crippen LogP contribution in [0.1, 0.15) is 0 Å². The van der Waals surface area contributed by atoms with E-state index in [0.717, 1.165) is 5.69 Å². The van der Waals surface area contributed by atoms with Gasteiger partial charge in [-0.1, -0.05) is 46.3 Å². The van der Waals surface area contributed by atoms with Gasteiger partial charge >= 0.3 is 0 Å². The molecule has 0 atom stereocenters. The van der Waals surface area contributed by atoms with Gasteiger partial charge in [0.2, 0.25) is 5.91 Å². The van der Waals surface area contributed by atoms with Gasteiger partial charge in [-0.25, -0.2) is 4.68 Å². The summed E-state index contributed by atoms with van der Waals surface area (Å²) < 4.78 is 2.78. The second-order valence-electron chi connectivity index (χ2n) is 5.28. The molecule has 0 unspecified atom stereocenters. The van der Waals surface area contributed by atoms with Gasteiger partial charge in [0, 0.05) is 17.2 Å². The molecular weight excluding hydrogens is 463 g/mol. The number of carbonyl (C=O) groups is 1. The topological polar surface area (TPSA) is 90.1 Å². The average molecular weight is 473 g/mol. The van der Waals surface area contributed by atoms with Crippen molar-refractivity contribution in [1.29, 1.82) is 0 Å². The molecule has 0 aliphatic carbocycles. The number of anilines is 1. The average Bonchev–Trinajstić information content (AvgIpc) is 3.03. The van der Waals surface area contributed by atoms with Crippen LogP contribution in [0.5, 0.6) is 0 Å². The van der Waals surface area contributed by atoms with Crippen LogP contribution in [0.4, 0.5) is 11.4 Å². The van der Waals surface area contributed by atoms with Crippen molar-refractivity contribution >= 4 is 75.8 Å². The van der Waals surface area contributed by atoms with Gasteiger partial charge in [-0.15, -0.1) is 5.10 Å². The molecule has 12 heteroatoms. The number of nitro groups is 1. The van der Waals surface area contributed by atoms with Crippen molar-refractivity contribution in [3.8, 4) is 5.69 Å². The largest absolute Gasteiger partial charge is 0.324 e. The van der Waals surface area contributed by atoms with E-state index in [-0.39, 0.29) is 22.4 Å². The summed E-state index contributed by atoms with van der Waals surface area (Å²) in [6.07, 6.45) is 0. The number of benzene rings is 2. The van der Waals surface area contributed by atoms with Gasteiger partial charge in [0.25, 0.3) is 5.69 Å². The number of rotatable bonds is 6. The Kier molecular flexibility index (Phi) is 6.68. The fourth-order valence-electron chi connectivity index (χ4n) is 2.10. The summed E-state index contributed by atoms with van der Waals surface area (Å²) in [5, 5.41) is 18.5. The van der Waals surface area contributed by atoms with E-state index < -0.39 is 4.92 Å². The quantitative estimate of drug-likeness (QED) is 0.217. The first-order valence-corrected chi connectivity index (χ1v) is 10.5. The van der Waals surface area contributed by atoms with E-state index in [1.165, 1.54) is 41.3 Å². The Morgan fingerprint density at radius 1 is 1.29 bits per heavy atom. The highest BCUT2D eigenvalue weighted by molar-refractivity contribution is 8.01. The summed E-state index contributed by atoms with van der Waals surface area (Å²) in [4.78, 5) is 22.3. The van der Waals surface area contributed by atoms with Gasteiger partial charge in [-0.3, -0.25) is 14.9 Å². The number of nitrogens with zero attached hydrogens (tertiary/aromatic N) is 3. The number of nitro benzene ring substituents is 1. The number of non-ortho nitro benzene ring substituents is 1. The minimum atomic E-state index is -0.557. The molecule has 1 heterocycles. The first kappa shape index (κ1) is 20.7. The molecule has 3 aromatic rings. The normalized spacial score (nSPS) is 10.6. The number of nitrogens with one attached hydrogen (secondary N) is 1. The number of thioether (sulfide) groups is 1. The molecule has 0 saturated heterocycles. The lowest BCUT2D eigenvalue weighted by atomic mass is 10.3.